The second kappa shape index (κ2) is 19.1. The van der Waals surface area contributed by atoms with E-state index in [-0.39, 0.29) is 0 Å². The molecule has 1 aliphatic rings. The van der Waals surface area contributed by atoms with E-state index in [1.807, 2.05) is 0 Å². The summed E-state index contributed by atoms with van der Waals surface area (Å²) in [7, 11) is 0. The number of aliphatic hydroxyl groups excluding tert-OH is 2. The molecule has 0 aromatic heterocycles. The molecule has 0 radical (unpaired) electrons. The topological polar surface area (TPSA) is 58.9 Å². The lowest BCUT2D eigenvalue weighted by Gasteiger charge is -2.29. The van der Waals surface area contributed by atoms with E-state index < -0.39 is 0 Å². The van der Waals surface area contributed by atoms with Crippen LogP contribution in [0, 0.1) is 0 Å². The van der Waals surface area contributed by atoms with Crippen molar-refractivity contribution in [1.29, 1.82) is 0 Å². The Morgan fingerprint density at radius 3 is 1.11 bits per heavy atom. The summed E-state index contributed by atoms with van der Waals surface area (Å²) in [6, 6.07) is 17.7. The van der Waals surface area contributed by atoms with Gasteiger partial charge >= 0.3 is 0 Å². The zero-order chi connectivity index (χ0) is 26.7. The van der Waals surface area contributed by atoms with Crippen LogP contribution in [-0.4, -0.2) is 36.6 Å². The summed E-state index contributed by atoms with van der Waals surface area (Å²) < 4.78 is 11.9. The van der Waals surface area contributed by atoms with Gasteiger partial charge in [-0.05, 0) is 98.6 Å². The van der Waals surface area contributed by atoms with Gasteiger partial charge in [0, 0.05) is 13.2 Å². The molecule has 38 heavy (non-hydrogen) atoms. The van der Waals surface area contributed by atoms with E-state index in [0.717, 1.165) is 63.2 Å². The number of ether oxygens (including phenoxy) is 2. The third-order valence-electron chi connectivity index (χ3n) is 8.07. The SMILES string of the molecule is OCCCCCCCCOc1ccc(C2CCC(c3ccc(OCCCCCCCCO)cc3)CC2)cc1. The first-order valence-electron chi connectivity index (χ1n) is 15.5. The maximum absolute atomic E-state index is 8.83. The molecule has 1 aliphatic carbocycles. The molecular weight excluding hydrogens is 472 g/mol. The molecule has 0 atom stereocenters. The molecule has 0 bridgehead atoms. The van der Waals surface area contributed by atoms with Gasteiger partial charge in [-0.1, -0.05) is 75.6 Å². The highest BCUT2D eigenvalue weighted by Crippen LogP contribution is 2.41. The van der Waals surface area contributed by atoms with Crippen LogP contribution in [0.25, 0.3) is 0 Å². The van der Waals surface area contributed by atoms with Gasteiger partial charge < -0.3 is 19.7 Å². The Morgan fingerprint density at radius 2 is 0.763 bits per heavy atom. The molecule has 4 nitrogen and oxygen atoms in total. The van der Waals surface area contributed by atoms with Crippen LogP contribution >= 0.6 is 0 Å². The highest BCUT2D eigenvalue weighted by Gasteiger charge is 2.23. The molecule has 0 heterocycles. The summed E-state index contributed by atoms with van der Waals surface area (Å²) in [5.74, 6) is 3.29. The third kappa shape index (κ3) is 11.8. The van der Waals surface area contributed by atoms with Crippen LogP contribution in [-0.2, 0) is 0 Å². The number of unbranched alkanes of at least 4 members (excludes halogenated alkanes) is 10. The molecule has 0 amide bonds. The predicted octanol–water partition coefficient (Wildman–Crippen LogP) is 8.55. The minimum absolute atomic E-state index is 0.319. The Kier molecular flexibility index (Phi) is 15.3. The molecule has 0 unspecified atom stereocenters. The molecule has 3 rings (SSSR count). The second-order valence-corrected chi connectivity index (χ2v) is 11.1. The van der Waals surface area contributed by atoms with Crippen molar-refractivity contribution in [2.45, 2.75) is 115 Å². The van der Waals surface area contributed by atoms with Gasteiger partial charge in [-0.2, -0.15) is 0 Å². The lowest BCUT2D eigenvalue weighted by Crippen LogP contribution is -2.12. The van der Waals surface area contributed by atoms with Crippen molar-refractivity contribution in [3.63, 3.8) is 0 Å². The third-order valence-corrected chi connectivity index (χ3v) is 8.07. The van der Waals surface area contributed by atoms with E-state index in [0.29, 0.717) is 25.0 Å². The minimum atomic E-state index is 0.319. The maximum atomic E-state index is 8.83. The largest absolute Gasteiger partial charge is 0.494 e. The zero-order valence-electron chi connectivity index (χ0n) is 23.6. The monoisotopic (exact) mass is 524 g/mol. The molecule has 2 N–H and O–H groups in total. The standard InChI is InChI=1S/C34H52O4/c35-25-9-5-1-3-7-11-27-37-33-21-17-31(18-22-33)29-13-15-30(16-14-29)32-19-23-34(24-20-32)38-28-12-8-4-2-6-10-26-36/h17-24,29-30,35-36H,1-16,25-28H2. The minimum Gasteiger partial charge on any atom is -0.494 e. The molecular formula is C34H52O4. The molecule has 1 saturated carbocycles. The van der Waals surface area contributed by atoms with Gasteiger partial charge in [0.25, 0.3) is 0 Å². The van der Waals surface area contributed by atoms with Gasteiger partial charge in [0.2, 0.25) is 0 Å². The summed E-state index contributed by atoms with van der Waals surface area (Å²) in [6.45, 7) is 2.22. The van der Waals surface area contributed by atoms with Crippen LogP contribution in [0.3, 0.4) is 0 Å². The van der Waals surface area contributed by atoms with Crippen molar-refractivity contribution in [3.05, 3.63) is 59.7 Å². The van der Waals surface area contributed by atoms with E-state index in [9.17, 15) is 0 Å². The Balaban J connectivity index is 1.28. The van der Waals surface area contributed by atoms with Crippen molar-refractivity contribution in [2.75, 3.05) is 26.4 Å². The zero-order valence-corrected chi connectivity index (χ0v) is 23.6. The number of aliphatic hydroxyl groups is 2. The fraction of sp³-hybridized carbons (Fsp3) is 0.647. The normalized spacial score (nSPS) is 17.4. The van der Waals surface area contributed by atoms with Gasteiger partial charge in [0.15, 0.2) is 0 Å². The van der Waals surface area contributed by atoms with Gasteiger partial charge in [-0.25, -0.2) is 0 Å². The quantitative estimate of drug-likeness (QED) is 0.170. The van der Waals surface area contributed by atoms with Crippen LogP contribution in [0.4, 0.5) is 0 Å². The molecule has 4 heteroatoms. The van der Waals surface area contributed by atoms with Crippen LogP contribution in [0.5, 0.6) is 11.5 Å². The first-order valence-corrected chi connectivity index (χ1v) is 15.5. The van der Waals surface area contributed by atoms with Crippen molar-refractivity contribution >= 4 is 0 Å². The number of hydrogen-bond donors (Lipinski definition) is 2. The second-order valence-electron chi connectivity index (χ2n) is 11.1. The van der Waals surface area contributed by atoms with E-state index in [1.54, 1.807) is 0 Å². The van der Waals surface area contributed by atoms with Crippen LogP contribution in [0.2, 0.25) is 0 Å². The molecule has 212 valence electrons. The average Bonchev–Trinajstić information content (AvgIpc) is 2.97. The Morgan fingerprint density at radius 1 is 0.447 bits per heavy atom. The van der Waals surface area contributed by atoms with Gasteiger partial charge in [-0.3, -0.25) is 0 Å². The van der Waals surface area contributed by atoms with E-state index in [4.69, 9.17) is 19.7 Å². The lowest BCUT2D eigenvalue weighted by molar-refractivity contribution is 0.280. The smallest absolute Gasteiger partial charge is 0.119 e. The molecule has 0 spiro atoms. The van der Waals surface area contributed by atoms with Gasteiger partial charge in [0.05, 0.1) is 13.2 Å². The first-order chi connectivity index (χ1) is 18.8. The lowest BCUT2D eigenvalue weighted by atomic mass is 9.76. The highest BCUT2D eigenvalue weighted by molar-refractivity contribution is 5.32. The number of benzene rings is 2. The van der Waals surface area contributed by atoms with E-state index in [2.05, 4.69) is 48.5 Å². The fourth-order valence-corrected chi connectivity index (χ4v) is 5.65. The van der Waals surface area contributed by atoms with Crippen molar-refractivity contribution in [1.82, 2.24) is 0 Å². The Hall–Kier alpha value is -2.04. The summed E-state index contributed by atoms with van der Waals surface area (Å²) >= 11 is 0. The number of rotatable bonds is 20. The van der Waals surface area contributed by atoms with Gasteiger partial charge in [-0.15, -0.1) is 0 Å². The predicted molar refractivity (Wildman–Crippen MR) is 157 cm³/mol. The van der Waals surface area contributed by atoms with Crippen LogP contribution < -0.4 is 9.47 Å². The molecule has 1 fully saturated rings. The molecule has 2 aromatic rings. The summed E-state index contributed by atoms with van der Waals surface area (Å²) in [5, 5.41) is 17.7. The Labute approximate surface area is 231 Å². The maximum Gasteiger partial charge on any atom is 0.119 e. The average molecular weight is 525 g/mol. The van der Waals surface area contributed by atoms with E-state index in [1.165, 1.54) is 75.3 Å². The first kappa shape index (κ1) is 30.5. The number of hydrogen-bond acceptors (Lipinski definition) is 4. The molecule has 0 saturated heterocycles. The van der Waals surface area contributed by atoms with Crippen molar-refractivity contribution < 1.29 is 19.7 Å². The summed E-state index contributed by atoms with van der Waals surface area (Å²) in [5.41, 5.74) is 2.91. The summed E-state index contributed by atoms with van der Waals surface area (Å²) in [4.78, 5) is 0. The molecule has 0 aliphatic heterocycles. The Bertz CT molecular complexity index is 753. The van der Waals surface area contributed by atoms with Crippen LogP contribution in [0.1, 0.15) is 126 Å². The molecule has 2 aromatic carbocycles. The van der Waals surface area contributed by atoms with Crippen molar-refractivity contribution in [2.24, 2.45) is 0 Å². The van der Waals surface area contributed by atoms with Crippen LogP contribution in [0.15, 0.2) is 48.5 Å². The van der Waals surface area contributed by atoms with Gasteiger partial charge in [0.1, 0.15) is 11.5 Å². The summed E-state index contributed by atoms with van der Waals surface area (Å²) in [6.07, 6.45) is 18.6. The fourth-order valence-electron chi connectivity index (χ4n) is 5.65. The van der Waals surface area contributed by atoms with Crippen molar-refractivity contribution in [3.8, 4) is 11.5 Å². The van der Waals surface area contributed by atoms with E-state index >= 15 is 0 Å². The highest BCUT2D eigenvalue weighted by atomic mass is 16.5.